The lowest BCUT2D eigenvalue weighted by Crippen LogP contribution is -2.12. The number of aromatic carboxylic acids is 1. The van der Waals surface area contributed by atoms with Crippen LogP contribution in [0.5, 0.6) is 5.75 Å². The summed E-state index contributed by atoms with van der Waals surface area (Å²) in [5.74, 6) is -0.583. The molecule has 0 fully saturated rings. The molecule has 0 bridgehead atoms. The van der Waals surface area contributed by atoms with Crippen LogP contribution in [0.3, 0.4) is 0 Å². The zero-order valence-corrected chi connectivity index (χ0v) is 12.2. The number of carboxylic acids is 1. The molecule has 1 aliphatic heterocycles. The van der Waals surface area contributed by atoms with Crippen molar-refractivity contribution < 1.29 is 19.4 Å². The van der Waals surface area contributed by atoms with Crippen molar-refractivity contribution in [1.82, 2.24) is 0 Å². The maximum atomic E-state index is 12.2. The number of nitrogens with one attached hydrogen (secondary N) is 1. The van der Waals surface area contributed by atoms with Gasteiger partial charge in [0.25, 0.3) is 5.91 Å². The number of amides is 1. The maximum Gasteiger partial charge on any atom is 0.337 e. The SMILES string of the molecule is O=C(Nc1ccc(C(=O)O)c(Cl)c1)c1ccc2c(c1)CCO2. The third kappa shape index (κ3) is 2.76. The highest BCUT2D eigenvalue weighted by Gasteiger charge is 2.16. The van der Waals surface area contributed by atoms with Crippen LogP contribution in [-0.4, -0.2) is 23.6 Å². The number of anilines is 1. The molecule has 2 aromatic rings. The van der Waals surface area contributed by atoms with E-state index in [1.54, 1.807) is 18.2 Å². The highest BCUT2D eigenvalue weighted by molar-refractivity contribution is 6.33. The Balaban J connectivity index is 1.79. The monoisotopic (exact) mass is 317 g/mol. The lowest BCUT2D eigenvalue weighted by atomic mass is 10.1. The van der Waals surface area contributed by atoms with E-state index < -0.39 is 5.97 Å². The molecule has 5 nitrogen and oxygen atoms in total. The molecule has 0 unspecified atom stereocenters. The van der Waals surface area contributed by atoms with E-state index in [2.05, 4.69) is 5.32 Å². The average Bonchev–Trinajstić information content (AvgIpc) is 2.94. The third-order valence-electron chi connectivity index (χ3n) is 3.41. The van der Waals surface area contributed by atoms with Gasteiger partial charge < -0.3 is 15.2 Å². The molecule has 1 aliphatic rings. The Hall–Kier alpha value is -2.53. The Kier molecular flexibility index (Phi) is 3.73. The number of hydrogen-bond acceptors (Lipinski definition) is 3. The number of halogens is 1. The molecule has 0 aromatic heterocycles. The number of rotatable bonds is 3. The van der Waals surface area contributed by atoms with E-state index in [1.165, 1.54) is 18.2 Å². The summed E-state index contributed by atoms with van der Waals surface area (Å²) in [6.07, 6.45) is 0.787. The predicted octanol–water partition coefficient (Wildman–Crippen LogP) is 3.23. The van der Waals surface area contributed by atoms with Crippen molar-refractivity contribution in [3.8, 4) is 5.75 Å². The molecule has 0 saturated carbocycles. The van der Waals surface area contributed by atoms with Gasteiger partial charge >= 0.3 is 5.97 Å². The van der Waals surface area contributed by atoms with Crippen LogP contribution < -0.4 is 10.1 Å². The number of hydrogen-bond donors (Lipinski definition) is 2. The zero-order chi connectivity index (χ0) is 15.7. The second-order valence-electron chi connectivity index (χ2n) is 4.87. The van der Waals surface area contributed by atoms with Crippen LogP contribution in [-0.2, 0) is 6.42 Å². The van der Waals surface area contributed by atoms with E-state index in [0.29, 0.717) is 17.9 Å². The van der Waals surface area contributed by atoms with E-state index >= 15 is 0 Å². The van der Waals surface area contributed by atoms with Crippen LogP contribution in [0.4, 0.5) is 5.69 Å². The van der Waals surface area contributed by atoms with Gasteiger partial charge in [-0.1, -0.05) is 11.6 Å². The summed E-state index contributed by atoms with van der Waals surface area (Å²) in [6.45, 7) is 0.632. The maximum absolute atomic E-state index is 12.2. The van der Waals surface area contributed by atoms with E-state index in [4.69, 9.17) is 21.4 Å². The summed E-state index contributed by atoms with van der Waals surface area (Å²) < 4.78 is 5.40. The minimum atomic E-state index is -1.11. The number of carbonyl (C=O) groups is 2. The smallest absolute Gasteiger partial charge is 0.337 e. The predicted molar refractivity (Wildman–Crippen MR) is 82.0 cm³/mol. The van der Waals surface area contributed by atoms with Crippen LogP contribution >= 0.6 is 11.6 Å². The molecule has 6 heteroatoms. The number of carbonyl (C=O) groups excluding carboxylic acids is 1. The van der Waals surface area contributed by atoms with Gasteiger partial charge in [-0.2, -0.15) is 0 Å². The van der Waals surface area contributed by atoms with Gasteiger partial charge in [0.2, 0.25) is 0 Å². The topological polar surface area (TPSA) is 75.6 Å². The quantitative estimate of drug-likeness (QED) is 0.911. The second kappa shape index (κ2) is 5.69. The lowest BCUT2D eigenvalue weighted by molar-refractivity contribution is 0.0697. The van der Waals surface area contributed by atoms with Crippen molar-refractivity contribution in [3.05, 3.63) is 58.1 Å². The molecule has 0 saturated heterocycles. The minimum Gasteiger partial charge on any atom is -0.493 e. The molecule has 112 valence electrons. The Morgan fingerprint density at radius 3 is 2.73 bits per heavy atom. The average molecular weight is 318 g/mol. The van der Waals surface area contributed by atoms with E-state index in [9.17, 15) is 9.59 Å². The number of benzene rings is 2. The summed E-state index contributed by atoms with van der Waals surface area (Å²) in [7, 11) is 0. The van der Waals surface area contributed by atoms with E-state index in [0.717, 1.165) is 17.7 Å². The van der Waals surface area contributed by atoms with Gasteiger partial charge in [-0.05, 0) is 42.0 Å². The summed E-state index contributed by atoms with van der Waals surface area (Å²) in [4.78, 5) is 23.1. The Morgan fingerprint density at radius 1 is 1.18 bits per heavy atom. The van der Waals surface area contributed by atoms with Crippen LogP contribution in [0.1, 0.15) is 26.3 Å². The first-order valence-electron chi connectivity index (χ1n) is 6.64. The molecule has 0 spiro atoms. The van der Waals surface area contributed by atoms with Crippen molar-refractivity contribution >= 4 is 29.2 Å². The molecular weight excluding hydrogens is 306 g/mol. The molecule has 0 atom stereocenters. The fraction of sp³-hybridized carbons (Fsp3) is 0.125. The van der Waals surface area contributed by atoms with Gasteiger partial charge in [-0.3, -0.25) is 4.79 Å². The first-order valence-corrected chi connectivity index (χ1v) is 7.02. The summed E-state index contributed by atoms with van der Waals surface area (Å²) in [5, 5.41) is 11.7. The standard InChI is InChI=1S/C16H12ClNO4/c17-13-8-11(2-3-12(13)16(20)21)18-15(19)10-1-4-14-9(7-10)5-6-22-14/h1-4,7-8H,5-6H2,(H,18,19)(H,20,21). The van der Waals surface area contributed by atoms with Crippen LogP contribution in [0.25, 0.3) is 0 Å². The lowest BCUT2D eigenvalue weighted by Gasteiger charge is -2.08. The van der Waals surface area contributed by atoms with Gasteiger partial charge in [0.05, 0.1) is 17.2 Å². The first kappa shape index (κ1) is 14.4. The number of fused-ring (bicyclic) bond motifs is 1. The molecule has 0 radical (unpaired) electrons. The Bertz CT molecular complexity index is 773. The molecule has 1 heterocycles. The van der Waals surface area contributed by atoms with Crippen LogP contribution in [0.15, 0.2) is 36.4 Å². The molecule has 3 rings (SSSR count). The van der Waals surface area contributed by atoms with Crippen molar-refractivity contribution in [2.45, 2.75) is 6.42 Å². The molecular formula is C16H12ClNO4. The van der Waals surface area contributed by atoms with E-state index in [1.807, 2.05) is 0 Å². The highest BCUT2D eigenvalue weighted by Crippen LogP contribution is 2.26. The van der Waals surface area contributed by atoms with Crippen molar-refractivity contribution in [3.63, 3.8) is 0 Å². The highest BCUT2D eigenvalue weighted by atomic mass is 35.5. The van der Waals surface area contributed by atoms with Crippen molar-refractivity contribution in [1.29, 1.82) is 0 Å². The van der Waals surface area contributed by atoms with Gasteiger partial charge in [-0.25, -0.2) is 4.79 Å². The number of carboxylic acid groups (broad SMARTS) is 1. The number of ether oxygens (including phenoxy) is 1. The zero-order valence-electron chi connectivity index (χ0n) is 11.4. The van der Waals surface area contributed by atoms with Gasteiger partial charge in [0.15, 0.2) is 0 Å². The molecule has 22 heavy (non-hydrogen) atoms. The summed E-state index contributed by atoms with van der Waals surface area (Å²) >= 11 is 5.88. The molecule has 1 amide bonds. The largest absolute Gasteiger partial charge is 0.493 e. The van der Waals surface area contributed by atoms with Crippen molar-refractivity contribution in [2.75, 3.05) is 11.9 Å². The fourth-order valence-corrected chi connectivity index (χ4v) is 2.56. The van der Waals surface area contributed by atoms with Gasteiger partial charge in [-0.15, -0.1) is 0 Å². The molecule has 2 N–H and O–H groups in total. The Labute approximate surface area is 131 Å². The summed E-state index contributed by atoms with van der Waals surface area (Å²) in [6, 6.07) is 9.54. The summed E-state index contributed by atoms with van der Waals surface area (Å²) in [5.41, 5.74) is 1.96. The fourth-order valence-electron chi connectivity index (χ4n) is 2.30. The normalized spacial score (nSPS) is 12.4. The second-order valence-corrected chi connectivity index (χ2v) is 5.28. The van der Waals surface area contributed by atoms with Crippen LogP contribution in [0, 0.1) is 0 Å². The molecule has 2 aromatic carbocycles. The Morgan fingerprint density at radius 2 is 2.00 bits per heavy atom. The van der Waals surface area contributed by atoms with Gasteiger partial charge in [0, 0.05) is 17.7 Å². The van der Waals surface area contributed by atoms with Gasteiger partial charge in [0.1, 0.15) is 5.75 Å². The van der Waals surface area contributed by atoms with E-state index in [-0.39, 0.29) is 16.5 Å². The van der Waals surface area contributed by atoms with Crippen LogP contribution in [0.2, 0.25) is 5.02 Å². The minimum absolute atomic E-state index is 0.00524. The third-order valence-corrected chi connectivity index (χ3v) is 3.72. The van der Waals surface area contributed by atoms with Crippen molar-refractivity contribution in [2.24, 2.45) is 0 Å². The first-order chi connectivity index (χ1) is 10.5. The molecule has 0 aliphatic carbocycles.